The summed E-state index contributed by atoms with van der Waals surface area (Å²) in [5.74, 6) is 0.921. The first-order valence-electron chi connectivity index (χ1n) is 4.62. The number of amides is 1. The Kier molecular flexibility index (Phi) is 3.30. The third kappa shape index (κ3) is 2.35. The summed E-state index contributed by atoms with van der Waals surface area (Å²) < 4.78 is 5.27. The molecule has 78 valence electrons. The van der Waals surface area contributed by atoms with Crippen LogP contribution in [0.15, 0.2) is 10.5 Å². The Labute approximate surface area is 83.5 Å². The lowest BCUT2D eigenvalue weighted by molar-refractivity contribution is 0.0911. The summed E-state index contributed by atoms with van der Waals surface area (Å²) in [6, 6.07) is 1.80. The van der Waals surface area contributed by atoms with Gasteiger partial charge in [-0.25, -0.2) is 0 Å². The Balaban J connectivity index is 2.74. The fourth-order valence-electron chi connectivity index (χ4n) is 1.22. The number of nitrogens with one attached hydrogen (secondary N) is 1. The second-order valence-electron chi connectivity index (χ2n) is 3.48. The molecule has 1 aromatic heterocycles. The lowest BCUT2D eigenvalue weighted by atomic mass is 10.2. The number of furan rings is 1. The highest BCUT2D eigenvalue weighted by molar-refractivity contribution is 5.93. The molecule has 1 heterocycles. The van der Waals surface area contributed by atoms with Gasteiger partial charge in [0.25, 0.3) is 5.91 Å². The third-order valence-corrected chi connectivity index (χ3v) is 1.98. The number of rotatable bonds is 3. The highest BCUT2D eigenvalue weighted by Crippen LogP contribution is 2.13. The minimum Gasteiger partial charge on any atom is -0.456 e. The summed E-state index contributed by atoms with van der Waals surface area (Å²) in [7, 11) is 0. The highest BCUT2D eigenvalue weighted by atomic mass is 16.3. The molecule has 0 spiro atoms. The maximum absolute atomic E-state index is 11.6. The van der Waals surface area contributed by atoms with Crippen LogP contribution in [-0.4, -0.2) is 18.5 Å². The molecule has 1 rings (SSSR count). The molecule has 0 saturated carbocycles. The molecule has 0 aromatic carbocycles. The Morgan fingerprint density at radius 2 is 2.29 bits per heavy atom. The van der Waals surface area contributed by atoms with Crippen molar-refractivity contribution in [1.29, 1.82) is 0 Å². The van der Waals surface area contributed by atoms with Crippen LogP contribution in [-0.2, 0) is 0 Å². The van der Waals surface area contributed by atoms with Crippen LogP contribution in [0.1, 0.15) is 28.8 Å². The second-order valence-corrected chi connectivity index (χ2v) is 3.48. The molecule has 0 aliphatic heterocycles. The normalized spacial score (nSPS) is 12.6. The monoisotopic (exact) mass is 196 g/mol. The van der Waals surface area contributed by atoms with Crippen molar-refractivity contribution in [2.45, 2.75) is 26.8 Å². The predicted molar refractivity (Wildman–Crippen MR) is 54.2 cm³/mol. The maximum atomic E-state index is 11.6. The topological polar surface area (TPSA) is 68.3 Å². The zero-order chi connectivity index (χ0) is 10.7. The smallest absolute Gasteiger partial charge is 0.287 e. The number of hydrogen-bond acceptors (Lipinski definition) is 3. The fourth-order valence-corrected chi connectivity index (χ4v) is 1.22. The van der Waals surface area contributed by atoms with E-state index in [1.807, 2.05) is 26.8 Å². The zero-order valence-corrected chi connectivity index (χ0v) is 8.76. The molecule has 0 aliphatic carbocycles. The molecule has 4 nitrogen and oxygen atoms in total. The summed E-state index contributed by atoms with van der Waals surface area (Å²) in [6.07, 6.45) is 0. The van der Waals surface area contributed by atoms with Gasteiger partial charge in [-0.05, 0) is 26.8 Å². The van der Waals surface area contributed by atoms with Gasteiger partial charge in [0, 0.05) is 18.2 Å². The summed E-state index contributed by atoms with van der Waals surface area (Å²) in [5, 5.41) is 2.74. The van der Waals surface area contributed by atoms with Gasteiger partial charge < -0.3 is 15.5 Å². The maximum Gasteiger partial charge on any atom is 0.287 e. The Morgan fingerprint density at radius 1 is 1.64 bits per heavy atom. The van der Waals surface area contributed by atoms with E-state index in [1.165, 1.54) is 0 Å². The van der Waals surface area contributed by atoms with Crippen molar-refractivity contribution in [1.82, 2.24) is 5.32 Å². The average molecular weight is 196 g/mol. The fraction of sp³-hybridized carbons (Fsp3) is 0.500. The minimum absolute atomic E-state index is 0.0349. The molecular formula is C10H16N2O2. The number of hydrogen-bond donors (Lipinski definition) is 2. The van der Waals surface area contributed by atoms with Crippen LogP contribution in [0, 0.1) is 13.8 Å². The quantitative estimate of drug-likeness (QED) is 0.757. The molecule has 1 aromatic rings. The van der Waals surface area contributed by atoms with E-state index in [0.717, 1.165) is 11.3 Å². The molecule has 1 amide bonds. The van der Waals surface area contributed by atoms with Crippen LogP contribution >= 0.6 is 0 Å². The molecule has 14 heavy (non-hydrogen) atoms. The summed E-state index contributed by atoms with van der Waals surface area (Å²) in [5.41, 5.74) is 6.25. The van der Waals surface area contributed by atoms with Crippen molar-refractivity contribution in [2.24, 2.45) is 5.73 Å². The van der Waals surface area contributed by atoms with Crippen LogP contribution in [0.3, 0.4) is 0 Å². The average Bonchev–Trinajstić information content (AvgIpc) is 2.45. The Morgan fingerprint density at radius 3 is 2.71 bits per heavy atom. The lowest BCUT2D eigenvalue weighted by Crippen LogP contribution is -2.37. The molecule has 3 N–H and O–H groups in total. The van der Waals surface area contributed by atoms with Gasteiger partial charge in [-0.1, -0.05) is 0 Å². The van der Waals surface area contributed by atoms with E-state index in [-0.39, 0.29) is 11.9 Å². The van der Waals surface area contributed by atoms with Crippen LogP contribution in [0.4, 0.5) is 0 Å². The first kappa shape index (κ1) is 10.8. The molecule has 0 radical (unpaired) electrons. The van der Waals surface area contributed by atoms with Gasteiger partial charge in [-0.15, -0.1) is 0 Å². The number of aryl methyl sites for hydroxylation is 2. The SMILES string of the molecule is Cc1cc(C)c(C(=O)N[C@H](C)CN)o1. The van der Waals surface area contributed by atoms with Crippen LogP contribution in [0.5, 0.6) is 0 Å². The van der Waals surface area contributed by atoms with Crippen LogP contribution in [0.25, 0.3) is 0 Å². The highest BCUT2D eigenvalue weighted by Gasteiger charge is 2.15. The molecule has 0 aliphatic rings. The Hall–Kier alpha value is -1.29. The van der Waals surface area contributed by atoms with Crippen molar-refractivity contribution in [3.63, 3.8) is 0 Å². The molecule has 0 unspecified atom stereocenters. The van der Waals surface area contributed by atoms with E-state index in [0.29, 0.717) is 12.3 Å². The first-order valence-corrected chi connectivity index (χ1v) is 4.62. The Bertz CT molecular complexity index is 331. The second kappa shape index (κ2) is 4.28. The summed E-state index contributed by atoms with van der Waals surface area (Å²) in [4.78, 5) is 11.6. The molecule has 0 bridgehead atoms. The van der Waals surface area contributed by atoms with Crippen molar-refractivity contribution >= 4 is 5.91 Å². The van der Waals surface area contributed by atoms with E-state index in [4.69, 9.17) is 10.2 Å². The summed E-state index contributed by atoms with van der Waals surface area (Å²) in [6.45, 7) is 5.93. The number of carbonyl (C=O) groups excluding carboxylic acids is 1. The van der Waals surface area contributed by atoms with E-state index in [1.54, 1.807) is 0 Å². The molecule has 0 saturated heterocycles. The van der Waals surface area contributed by atoms with Crippen molar-refractivity contribution in [3.8, 4) is 0 Å². The van der Waals surface area contributed by atoms with Gasteiger partial charge in [0.05, 0.1) is 0 Å². The standard InChI is InChI=1S/C10H16N2O2/c1-6-4-8(3)14-9(6)10(13)12-7(2)5-11/h4,7H,5,11H2,1-3H3,(H,12,13)/t7-/m1/s1. The van der Waals surface area contributed by atoms with Crippen molar-refractivity contribution in [2.75, 3.05) is 6.54 Å². The van der Waals surface area contributed by atoms with Crippen molar-refractivity contribution in [3.05, 3.63) is 23.2 Å². The lowest BCUT2D eigenvalue weighted by Gasteiger charge is -2.09. The van der Waals surface area contributed by atoms with Crippen molar-refractivity contribution < 1.29 is 9.21 Å². The van der Waals surface area contributed by atoms with Crippen LogP contribution in [0.2, 0.25) is 0 Å². The van der Waals surface area contributed by atoms with E-state index in [2.05, 4.69) is 5.32 Å². The van der Waals surface area contributed by atoms with Crippen LogP contribution < -0.4 is 11.1 Å². The van der Waals surface area contributed by atoms with E-state index in [9.17, 15) is 4.79 Å². The minimum atomic E-state index is -0.200. The largest absolute Gasteiger partial charge is 0.456 e. The predicted octanol–water partition coefficient (Wildman–Crippen LogP) is 0.973. The van der Waals surface area contributed by atoms with E-state index >= 15 is 0 Å². The third-order valence-electron chi connectivity index (χ3n) is 1.98. The first-order chi connectivity index (χ1) is 6.54. The molecule has 4 heteroatoms. The van der Waals surface area contributed by atoms with Gasteiger partial charge in [-0.3, -0.25) is 4.79 Å². The van der Waals surface area contributed by atoms with Gasteiger partial charge in [0.15, 0.2) is 5.76 Å². The van der Waals surface area contributed by atoms with Gasteiger partial charge in [-0.2, -0.15) is 0 Å². The van der Waals surface area contributed by atoms with Gasteiger partial charge in [0.1, 0.15) is 5.76 Å². The molecule has 1 atom stereocenters. The molecule has 0 fully saturated rings. The number of carbonyl (C=O) groups is 1. The van der Waals surface area contributed by atoms with Gasteiger partial charge in [0.2, 0.25) is 0 Å². The zero-order valence-electron chi connectivity index (χ0n) is 8.76. The van der Waals surface area contributed by atoms with E-state index < -0.39 is 0 Å². The summed E-state index contributed by atoms with van der Waals surface area (Å²) >= 11 is 0. The van der Waals surface area contributed by atoms with Gasteiger partial charge >= 0.3 is 0 Å². The molecular weight excluding hydrogens is 180 g/mol. The number of nitrogens with two attached hydrogens (primary N) is 1.